The number of halogens is 2. The monoisotopic (exact) mass is 611 g/mol. The molecular weight excluding hydrogens is 590 g/mol. The Labute approximate surface area is 226 Å². The lowest BCUT2D eigenvalue weighted by atomic mass is 10.1. The maximum Gasteiger partial charge on any atom is 0.266 e. The number of hydrogen-bond donors (Lipinski definition) is 2. The number of amides is 2. The highest BCUT2D eigenvalue weighted by Gasteiger charge is 2.16. The minimum Gasteiger partial charge on any atom is -0.494 e. The number of carbonyl (C=O) groups is 2. The second-order valence-corrected chi connectivity index (χ2v) is 9.36. The molecule has 3 rings (SSSR count). The number of nitriles is 1. The Hall–Kier alpha value is -3.61. The lowest BCUT2D eigenvalue weighted by molar-refractivity contribution is -0.118. The Morgan fingerprint density at radius 3 is 2.42 bits per heavy atom. The number of aryl methyl sites for hydroxylation is 1. The molecule has 2 amide bonds. The van der Waals surface area contributed by atoms with Gasteiger partial charge >= 0.3 is 0 Å². The fourth-order valence-corrected chi connectivity index (χ4v) is 4.57. The maximum absolute atomic E-state index is 12.8. The summed E-state index contributed by atoms with van der Waals surface area (Å²) in [6.07, 6.45) is 1.41. The Morgan fingerprint density at radius 1 is 1.00 bits per heavy atom. The molecular formula is C27H23Br2N3O4. The van der Waals surface area contributed by atoms with Crippen molar-refractivity contribution in [2.75, 3.05) is 23.8 Å². The van der Waals surface area contributed by atoms with Gasteiger partial charge in [0.1, 0.15) is 23.1 Å². The summed E-state index contributed by atoms with van der Waals surface area (Å²) in [7, 11) is 0. The number of nitrogens with zero attached hydrogens (tertiary/aromatic N) is 1. The SMILES string of the molecule is CCOc1ccc(NC(=O)/C(C#N)=C/c2cc(Br)cc(Br)c2OCC(=O)Nc2cccc(C)c2)cc1. The molecule has 0 aliphatic carbocycles. The van der Waals surface area contributed by atoms with Gasteiger partial charge in [-0.3, -0.25) is 9.59 Å². The molecule has 3 aromatic rings. The van der Waals surface area contributed by atoms with Crippen molar-refractivity contribution in [3.63, 3.8) is 0 Å². The highest BCUT2D eigenvalue weighted by molar-refractivity contribution is 9.11. The minimum atomic E-state index is -0.583. The molecule has 0 atom stereocenters. The number of benzene rings is 3. The molecule has 0 heterocycles. The van der Waals surface area contributed by atoms with Crippen LogP contribution in [0.2, 0.25) is 0 Å². The summed E-state index contributed by atoms with van der Waals surface area (Å²) >= 11 is 6.85. The summed E-state index contributed by atoms with van der Waals surface area (Å²) in [6, 6.07) is 19.6. The molecule has 0 saturated heterocycles. The summed E-state index contributed by atoms with van der Waals surface area (Å²) in [4.78, 5) is 25.2. The predicted octanol–water partition coefficient (Wildman–Crippen LogP) is 6.48. The zero-order valence-electron chi connectivity index (χ0n) is 19.6. The van der Waals surface area contributed by atoms with E-state index in [1.807, 2.05) is 38.1 Å². The summed E-state index contributed by atoms with van der Waals surface area (Å²) in [5.74, 6) is 0.0676. The third-order valence-corrected chi connectivity index (χ3v) is 5.82. The van der Waals surface area contributed by atoms with Gasteiger partial charge in [0, 0.05) is 21.4 Å². The number of nitrogens with one attached hydrogen (secondary N) is 2. The van der Waals surface area contributed by atoms with Crippen molar-refractivity contribution >= 4 is 61.1 Å². The first-order chi connectivity index (χ1) is 17.3. The van der Waals surface area contributed by atoms with Crippen molar-refractivity contribution in [2.45, 2.75) is 13.8 Å². The van der Waals surface area contributed by atoms with E-state index in [1.165, 1.54) is 6.08 Å². The van der Waals surface area contributed by atoms with Gasteiger partial charge in [0.15, 0.2) is 6.61 Å². The molecule has 0 saturated carbocycles. The van der Waals surface area contributed by atoms with Gasteiger partial charge in [-0.25, -0.2) is 0 Å². The van der Waals surface area contributed by atoms with E-state index in [-0.39, 0.29) is 18.1 Å². The van der Waals surface area contributed by atoms with Crippen LogP contribution in [0.15, 0.2) is 75.2 Å². The van der Waals surface area contributed by atoms with Gasteiger partial charge in [-0.15, -0.1) is 0 Å². The summed E-state index contributed by atoms with van der Waals surface area (Å²) in [5.41, 5.74) is 2.51. The van der Waals surface area contributed by atoms with Gasteiger partial charge in [0.25, 0.3) is 11.8 Å². The van der Waals surface area contributed by atoms with E-state index in [1.54, 1.807) is 42.5 Å². The molecule has 0 aliphatic rings. The first-order valence-electron chi connectivity index (χ1n) is 10.9. The first-order valence-corrected chi connectivity index (χ1v) is 12.5. The quantitative estimate of drug-likeness (QED) is 0.213. The largest absolute Gasteiger partial charge is 0.494 e. The fraction of sp³-hybridized carbons (Fsp3) is 0.148. The van der Waals surface area contributed by atoms with Gasteiger partial charge < -0.3 is 20.1 Å². The smallest absolute Gasteiger partial charge is 0.266 e. The highest BCUT2D eigenvalue weighted by Crippen LogP contribution is 2.34. The third kappa shape index (κ3) is 7.70. The van der Waals surface area contributed by atoms with Gasteiger partial charge in [-0.2, -0.15) is 5.26 Å². The average molecular weight is 613 g/mol. The third-order valence-electron chi connectivity index (χ3n) is 4.77. The molecule has 0 aromatic heterocycles. The summed E-state index contributed by atoms with van der Waals surface area (Å²) in [6.45, 7) is 4.08. The first kappa shape index (κ1) is 27.0. The predicted molar refractivity (Wildman–Crippen MR) is 147 cm³/mol. The van der Waals surface area contributed by atoms with Crippen molar-refractivity contribution in [3.8, 4) is 17.6 Å². The maximum atomic E-state index is 12.8. The van der Waals surface area contributed by atoms with Crippen molar-refractivity contribution in [1.29, 1.82) is 5.26 Å². The second-order valence-electron chi connectivity index (χ2n) is 7.59. The standard InChI is InChI=1S/C27H23Br2N3O4/c1-3-35-23-9-7-21(8-10-23)32-27(34)19(15-30)12-18-13-20(28)14-24(29)26(18)36-16-25(33)31-22-6-4-5-17(2)11-22/h4-14H,3,16H2,1-2H3,(H,31,33)(H,32,34)/b19-12+. The van der Waals surface area contributed by atoms with Gasteiger partial charge in [-0.1, -0.05) is 28.1 Å². The summed E-state index contributed by atoms with van der Waals surface area (Å²) in [5, 5.41) is 15.1. The van der Waals surface area contributed by atoms with Crippen LogP contribution in [0.5, 0.6) is 11.5 Å². The van der Waals surface area contributed by atoms with E-state index in [0.29, 0.717) is 44.0 Å². The molecule has 0 radical (unpaired) electrons. The lowest BCUT2D eigenvalue weighted by Gasteiger charge is -2.13. The zero-order chi connectivity index (χ0) is 26.1. The topological polar surface area (TPSA) is 100 Å². The van der Waals surface area contributed by atoms with Gasteiger partial charge in [-0.05, 0) is 89.9 Å². The average Bonchev–Trinajstić information content (AvgIpc) is 2.83. The number of ether oxygens (including phenoxy) is 2. The van der Waals surface area contributed by atoms with Gasteiger partial charge in [0.05, 0.1) is 11.1 Å². The lowest BCUT2D eigenvalue weighted by Crippen LogP contribution is -2.20. The Balaban J connectivity index is 1.77. The van der Waals surface area contributed by atoms with Crippen molar-refractivity contribution in [3.05, 3.63) is 86.3 Å². The van der Waals surface area contributed by atoms with E-state index in [9.17, 15) is 14.9 Å². The molecule has 9 heteroatoms. The molecule has 0 bridgehead atoms. The molecule has 184 valence electrons. The summed E-state index contributed by atoms with van der Waals surface area (Å²) < 4.78 is 12.4. The molecule has 0 aliphatic heterocycles. The van der Waals surface area contributed by atoms with Crippen LogP contribution in [-0.2, 0) is 9.59 Å². The molecule has 36 heavy (non-hydrogen) atoms. The van der Waals surface area contributed by atoms with E-state index >= 15 is 0 Å². The van der Waals surface area contributed by atoms with E-state index in [0.717, 1.165) is 5.56 Å². The highest BCUT2D eigenvalue weighted by atomic mass is 79.9. The van der Waals surface area contributed by atoms with Crippen LogP contribution in [0.4, 0.5) is 11.4 Å². The van der Waals surface area contributed by atoms with Crippen molar-refractivity contribution in [1.82, 2.24) is 0 Å². The van der Waals surface area contributed by atoms with Crippen LogP contribution >= 0.6 is 31.9 Å². The number of hydrogen-bond acceptors (Lipinski definition) is 5. The van der Waals surface area contributed by atoms with E-state index in [2.05, 4.69) is 42.5 Å². The fourth-order valence-electron chi connectivity index (χ4n) is 3.20. The molecule has 0 spiro atoms. The van der Waals surface area contributed by atoms with Crippen LogP contribution in [0.1, 0.15) is 18.1 Å². The van der Waals surface area contributed by atoms with Crippen LogP contribution in [0.25, 0.3) is 6.08 Å². The Bertz CT molecular complexity index is 1330. The van der Waals surface area contributed by atoms with Crippen molar-refractivity contribution in [2.24, 2.45) is 0 Å². The number of rotatable bonds is 9. The number of carbonyl (C=O) groups excluding carboxylic acids is 2. The molecule has 3 aromatic carbocycles. The van der Waals surface area contributed by atoms with Crippen LogP contribution in [0, 0.1) is 18.3 Å². The molecule has 0 fully saturated rings. The van der Waals surface area contributed by atoms with E-state index < -0.39 is 5.91 Å². The Morgan fingerprint density at radius 2 is 1.75 bits per heavy atom. The molecule has 2 N–H and O–H groups in total. The number of anilines is 2. The van der Waals surface area contributed by atoms with E-state index in [4.69, 9.17) is 9.47 Å². The second kappa shape index (κ2) is 12.9. The zero-order valence-corrected chi connectivity index (χ0v) is 22.8. The van der Waals surface area contributed by atoms with Crippen LogP contribution in [-0.4, -0.2) is 25.0 Å². The van der Waals surface area contributed by atoms with Crippen LogP contribution < -0.4 is 20.1 Å². The van der Waals surface area contributed by atoms with Gasteiger partial charge in [0.2, 0.25) is 0 Å². The van der Waals surface area contributed by atoms with Crippen LogP contribution in [0.3, 0.4) is 0 Å². The normalized spacial score (nSPS) is 10.8. The Kier molecular flexibility index (Phi) is 9.68. The molecule has 0 unspecified atom stereocenters. The molecule has 7 nitrogen and oxygen atoms in total. The minimum absolute atomic E-state index is 0.136. The van der Waals surface area contributed by atoms with Crippen molar-refractivity contribution < 1.29 is 19.1 Å².